The number of hydrogen-bond acceptors (Lipinski definition) is 3. The molecule has 6 heteroatoms. The molecule has 0 radical (unpaired) electrons. The number of para-hydroxylation sites is 1. The van der Waals surface area contributed by atoms with Crippen LogP contribution in [0, 0.1) is 6.92 Å². The number of benzene rings is 2. The second-order valence-corrected chi connectivity index (χ2v) is 6.85. The summed E-state index contributed by atoms with van der Waals surface area (Å²) in [5.74, 6) is -0.428. The fourth-order valence-electron chi connectivity index (χ4n) is 1.86. The zero-order valence-electron chi connectivity index (χ0n) is 13.0. The minimum atomic E-state index is -3.82. The molecule has 2 rings (SSSR count). The molecular formula is C17H18N2O3S. The zero-order valence-corrected chi connectivity index (χ0v) is 13.8. The van der Waals surface area contributed by atoms with Crippen LogP contribution in [0.2, 0.25) is 0 Å². The van der Waals surface area contributed by atoms with E-state index in [1.54, 1.807) is 31.2 Å². The molecule has 23 heavy (non-hydrogen) atoms. The Morgan fingerprint density at radius 2 is 1.65 bits per heavy atom. The Bertz CT molecular complexity index is 840. The van der Waals surface area contributed by atoms with Crippen LogP contribution in [0.1, 0.15) is 12.5 Å². The smallest absolute Gasteiger partial charge is 0.263 e. The average Bonchev–Trinajstić information content (AvgIpc) is 2.49. The highest BCUT2D eigenvalue weighted by Crippen LogP contribution is 2.24. The van der Waals surface area contributed by atoms with Crippen LogP contribution in [0.15, 0.2) is 65.6 Å². The molecular weight excluding hydrogens is 312 g/mol. The third-order valence-electron chi connectivity index (χ3n) is 3.12. The molecule has 0 aliphatic carbocycles. The molecule has 0 aromatic heterocycles. The molecule has 0 fully saturated rings. The van der Waals surface area contributed by atoms with Gasteiger partial charge in [-0.25, -0.2) is 8.42 Å². The van der Waals surface area contributed by atoms with Crippen molar-refractivity contribution in [3.05, 3.63) is 66.2 Å². The maximum absolute atomic E-state index is 12.6. The standard InChI is InChI=1S/C17H18N2O3S/c1-12(2)17(20)18-15-6-4-5-7-16(15)23(21,22)19-14-10-8-13(3)9-11-14/h4-11,19H,1H2,2-3H3,(H,18,20). The van der Waals surface area contributed by atoms with Gasteiger partial charge in [-0.1, -0.05) is 36.4 Å². The van der Waals surface area contributed by atoms with Crippen LogP contribution >= 0.6 is 0 Å². The molecule has 120 valence electrons. The van der Waals surface area contributed by atoms with Crippen LogP contribution in [0.3, 0.4) is 0 Å². The van der Waals surface area contributed by atoms with Crippen molar-refractivity contribution >= 4 is 27.3 Å². The zero-order chi connectivity index (χ0) is 17.0. The normalized spacial score (nSPS) is 10.9. The first-order chi connectivity index (χ1) is 10.8. The Labute approximate surface area is 136 Å². The van der Waals surface area contributed by atoms with E-state index >= 15 is 0 Å². The van der Waals surface area contributed by atoms with Gasteiger partial charge in [-0.2, -0.15) is 0 Å². The Balaban J connectivity index is 2.34. The minimum absolute atomic E-state index is 0.00447. The van der Waals surface area contributed by atoms with Gasteiger partial charge in [0, 0.05) is 11.3 Å². The summed E-state index contributed by atoms with van der Waals surface area (Å²) in [7, 11) is -3.82. The van der Waals surface area contributed by atoms with Crippen LogP contribution < -0.4 is 10.0 Å². The summed E-state index contributed by atoms with van der Waals surface area (Å²) < 4.78 is 27.7. The molecule has 0 saturated carbocycles. The fraction of sp³-hybridized carbons (Fsp3) is 0.118. The van der Waals surface area contributed by atoms with Gasteiger partial charge in [0.15, 0.2) is 0 Å². The number of rotatable bonds is 5. The monoisotopic (exact) mass is 330 g/mol. The third-order valence-corrected chi connectivity index (χ3v) is 4.56. The lowest BCUT2D eigenvalue weighted by Crippen LogP contribution is -2.18. The van der Waals surface area contributed by atoms with Gasteiger partial charge in [-0.15, -0.1) is 0 Å². The molecule has 2 aromatic carbocycles. The van der Waals surface area contributed by atoms with Crippen molar-refractivity contribution in [1.29, 1.82) is 0 Å². The number of nitrogens with one attached hydrogen (secondary N) is 2. The number of carbonyl (C=O) groups excluding carboxylic acids is 1. The predicted molar refractivity (Wildman–Crippen MR) is 91.9 cm³/mol. The van der Waals surface area contributed by atoms with Gasteiger partial charge in [0.05, 0.1) is 5.69 Å². The maximum atomic E-state index is 12.6. The molecule has 2 aromatic rings. The molecule has 0 saturated heterocycles. The molecule has 0 spiro atoms. The van der Waals surface area contributed by atoms with Gasteiger partial charge in [0.2, 0.25) is 0 Å². The molecule has 1 amide bonds. The molecule has 2 N–H and O–H groups in total. The summed E-state index contributed by atoms with van der Waals surface area (Å²) in [6.07, 6.45) is 0. The maximum Gasteiger partial charge on any atom is 0.263 e. The van der Waals surface area contributed by atoms with E-state index in [4.69, 9.17) is 0 Å². The lowest BCUT2D eigenvalue weighted by atomic mass is 10.2. The number of anilines is 2. The second-order valence-electron chi connectivity index (χ2n) is 5.20. The molecule has 0 aliphatic rings. The van der Waals surface area contributed by atoms with E-state index in [-0.39, 0.29) is 10.6 Å². The van der Waals surface area contributed by atoms with E-state index in [0.717, 1.165) is 5.56 Å². The first kappa shape index (κ1) is 16.8. The molecule has 0 atom stereocenters. The third kappa shape index (κ3) is 4.20. The van der Waals surface area contributed by atoms with Crippen molar-refractivity contribution < 1.29 is 13.2 Å². The SMILES string of the molecule is C=C(C)C(=O)Nc1ccccc1S(=O)(=O)Nc1ccc(C)cc1. The van der Waals surface area contributed by atoms with Gasteiger partial charge >= 0.3 is 0 Å². The summed E-state index contributed by atoms with van der Waals surface area (Å²) in [6.45, 7) is 7.01. The highest BCUT2D eigenvalue weighted by Gasteiger charge is 2.19. The van der Waals surface area contributed by atoms with Crippen molar-refractivity contribution in [3.63, 3.8) is 0 Å². The van der Waals surface area contributed by atoms with E-state index < -0.39 is 15.9 Å². The van der Waals surface area contributed by atoms with Crippen LogP contribution in [0.4, 0.5) is 11.4 Å². The molecule has 0 aliphatic heterocycles. The first-order valence-electron chi connectivity index (χ1n) is 6.95. The van der Waals surface area contributed by atoms with Crippen LogP contribution in [-0.4, -0.2) is 14.3 Å². The highest BCUT2D eigenvalue weighted by atomic mass is 32.2. The van der Waals surface area contributed by atoms with Gasteiger partial charge < -0.3 is 5.32 Å². The first-order valence-corrected chi connectivity index (χ1v) is 8.43. The molecule has 0 unspecified atom stereocenters. The molecule has 0 bridgehead atoms. The second kappa shape index (κ2) is 6.66. The largest absolute Gasteiger partial charge is 0.321 e. The topological polar surface area (TPSA) is 75.3 Å². The van der Waals surface area contributed by atoms with Crippen LogP contribution in [0.5, 0.6) is 0 Å². The predicted octanol–water partition coefficient (Wildman–Crippen LogP) is 3.31. The van der Waals surface area contributed by atoms with E-state index in [9.17, 15) is 13.2 Å². The Kier molecular flexibility index (Phi) is 4.86. The van der Waals surface area contributed by atoms with E-state index in [0.29, 0.717) is 11.3 Å². The van der Waals surface area contributed by atoms with Gasteiger partial charge in [-0.3, -0.25) is 9.52 Å². The number of sulfonamides is 1. The van der Waals surface area contributed by atoms with Gasteiger partial charge in [0.1, 0.15) is 4.90 Å². The average molecular weight is 330 g/mol. The fourth-order valence-corrected chi connectivity index (χ4v) is 3.09. The van der Waals surface area contributed by atoms with Crippen LogP contribution in [0.25, 0.3) is 0 Å². The van der Waals surface area contributed by atoms with Crippen molar-refractivity contribution in [1.82, 2.24) is 0 Å². The Hall–Kier alpha value is -2.60. The van der Waals surface area contributed by atoms with E-state index in [2.05, 4.69) is 16.6 Å². The number of aryl methyl sites for hydroxylation is 1. The van der Waals surface area contributed by atoms with E-state index in [1.807, 2.05) is 19.1 Å². The van der Waals surface area contributed by atoms with Crippen molar-refractivity contribution in [2.45, 2.75) is 18.7 Å². The van der Waals surface area contributed by atoms with Crippen molar-refractivity contribution in [2.75, 3.05) is 10.0 Å². The van der Waals surface area contributed by atoms with E-state index in [1.165, 1.54) is 12.1 Å². The van der Waals surface area contributed by atoms with Gasteiger partial charge in [-0.05, 0) is 38.1 Å². The number of carbonyl (C=O) groups is 1. The molecule has 0 heterocycles. The van der Waals surface area contributed by atoms with Gasteiger partial charge in [0.25, 0.3) is 15.9 Å². The Morgan fingerprint density at radius 3 is 2.26 bits per heavy atom. The van der Waals surface area contributed by atoms with Crippen molar-refractivity contribution in [2.24, 2.45) is 0 Å². The summed E-state index contributed by atoms with van der Waals surface area (Å²) >= 11 is 0. The number of hydrogen-bond donors (Lipinski definition) is 2. The minimum Gasteiger partial charge on any atom is -0.321 e. The summed E-state index contributed by atoms with van der Waals surface area (Å²) in [5.41, 5.74) is 1.99. The van der Waals surface area contributed by atoms with Crippen molar-refractivity contribution in [3.8, 4) is 0 Å². The lowest BCUT2D eigenvalue weighted by molar-refractivity contribution is -0.112. The lowest BCUT2D eigenvalue weighted by Gasteiger charge is -2.13. The summed E-state index contributed by atoms with van der Waals surface area (Å²) in [5, 5.41) is 2.55. The summed E-state index contributed by atoms with van der Waals surface area (Å²) in [6, 6.07) is 13.2. The highest BCUT2D eigenvalue weighted by molar-refractivity contribution is 7.92. The summed E-state index contributed by atoms with van der Waals surface area (Å²) in [4.78, 5) is 11.8. The Morgan fingerprint density at radius 1 is 1.04 bits per heavy atom. The quantitative estimate of drug-likeness (QED) is 0.826. The molecule has 5 nitrogen and oxygen atoms in total. The number of amides is 1. The van der Waals surface area contributed by atoms with Crippen LogP contribution in [-0.2, 0) is 14.8 Å².